The number of benzene rings is 2. The van der Waals surface area contributed by atoms with Crippen LogP contribution in [0.1, 0.15) is 57.1 Å². The lowest BCUT2D eigenvalue weighted by Gasteiger charge is -2.30. The zero-order valence-electron chi connectivity index (χ0n) is 20.4. The molecular weight excluding hydrogens is 444 g/mol. The summed E-state index contributed by atoms with van der Waals surface area (Å²) >= 11 is 0. The lowest BCUT2D eigenvalue weighted by atomic mass is 9.98. The first-order valence-corrected chi connectivity index (χ1v) is 11.9. The highest BCUT2D eigenvalue weighted by Crippen LogP contribution is 2.44. The molecule has 3 rings (SSSR count). The summed E-state index contributed by atoms with van der Waals surface area (Å²) in [6, 6.07) is 15.1. The Morgan fingerprint density at radius 1 is 1.06 bits per heavy atom. The monoisotopic (exact) mass is 476 g/mol. The summed E-state index contributed by atoms with van der Waals surface area (Å²) in [4.78, 5) is 38.5. The number of carboxylic acids is 1. The van der Waals surface area contributed by atoms with Crippen LogP contribution in [0.5, 0.6) is 0 Å². The molecule has 0 spiro atoms. The molecule has 0 aromatic heterocycles. The van der Waals surface area contributed by atoms with Crippen molar-refractivity contribution in [3.8, 4) is 23.0 Å². The quantitative estimate of drug-likeness (QED) is 0.495. The van der Waals surface area contributed by atoms with Crippen LogP contribution in [0.15, 0.2) is 48.5 Å². The van der Waals surface area contributed by atoms with Gasteiger partial charge in [-0.25, -0.2) is 4.79 Å². The van der Waals surface area contributed by atoms with Gasteiger partial charge in [-0.1, -0.05) is 48.5 Å². The molecule has 0 aliphatic heterocycles. The molecule has 0 radical (unpaired) electrons. The molecule has 7 nitrogen and oxygen atoms in total. The minimum Gasteiger partial charge on any atom is -0.481 e. The van der Waals surface area contributed by atoms with E-state index in [2.05, 4.69) is 29.3 Å². The third kappa shape index (κ3) is 6.42. The van der Waals surface area contributed by atoms with E-state index in [9.17, 15) is 14.4 Å². The molecule has 2 N–H and O–H groups in total. The number of amides is 2. The van der Waals surface area contributed by atoms with Crippen LogP contribution in [0.2, 0.25) is 0 Å². The van der Waals surface area contributed by atoms with Crippen molar-refractivity contribution in [3.63, 3.8) is 0 Å². The van der Waals surface area contributed by atoms with Gasteiger partial charge in [0, 0.05) is 31.3 Å². The van der Waals surface area contributed by atoms with Gasteiger partial charge >= 0.3 is 12.1 Å². The molecule has 0 fully saturated rings. The van der Waals surface area contributed by atoms with Gasteiger partial charge in [-0.3, -0.25) is 9.59 Å². The van der Waals surface area contributed by atoms with Gasteiger partial charge in [-0.15, -0.1) is 11.8 Å². The van der Waals surface area contributed by atoms with Crippen molar-refractivity contribution < 1.29 is 24.2 Å². The predicted molar refractivity (Wildman–Crippen MR) is 134 cm³/mol. The summed E-state index contributed by atoms with van der Waals surface area (Å²) < 4.78 is 5.61. The van der Waals surface area contributed by atoms with Crippen LogP contribution >= 0.6 is 0 Å². The number of ether oxygens (including phenoxy) is 1. The zero-order valence-corrected chi connectivity index (χ0v) is 20.4. The molecule has 0 saturated heterocycles. The standard InChI is InChI=1S/C28H32N2O5/c1-4-5-15-25(27(33)30(19(2)3)17-10-16-26(31)32)29-28(34)35-18-24-22-13-8-6-11-20(22)21-12-7-9-14-23(21)24/h6-9,11-14,19,24-25H,10,15-18H2,1-3H3,(H,29,34)(H,31,32). The number of carboxylic acid groups (broad SMARTS) is 1. The van der Waals surface area contributed by atoms with Gasteiger partial charge < -0.3 is 20.1 Å². The number of rotatable bonds is 10. The van der Waals surface area contributed by atoms with Gasteiger partial charge in [-0.05, 0) is 49.4 Å². The third-order valence-corrected chi connectivity index (χ3v) is 6.11. The SMILES string of the molecule is CC#CCC(NC(=O)OCC1c2ccccc2-c2ccccc21)C(=O)N(CCCC(=O)O)C(C)C. The van der Waals surface area contributed by atoms with Crippen molar-refractivity contribution in [2.75, 3.05) is 13.2 Å². The van der Waals surface area contributed by atoms with E-state index in [4.69, 9.17) is 9.84 Å². The fourth-order valence-electron chi connectivity index (χ4n) is 4.41. The fraction of sp³-hybridized carbons (Fsp3) is 0.393. The number of carbonyl (C=O) groups is 3. The van der Waals surface area contributed by atoms with Crippen molar-refractivity contribution in [1.29, 1.82) is 0 Å². The highest BCUT2D eigenvalue weighted by atomic mass is 16.5. The Balaban J connectivity index is 1.68. The zero-order chi connectivity index (χ0) is 25.4. The molecule has 1 aliphatic carbocycles. The van der Waals surface area contributed by atoms with E-state index in [-0.39, 0.29) is 43.9 Å². The van der Waals surface area contributed by atoms with E-state index in [1.165, 1.54) is 0 Å². The smallest absolute Gasteiger partial charge is 0.407 e. The largest absolute Gasteiger partial charge is 0.481 e. The second kappa shape index (κ2) is 12.1. The average molecular weight is 477 g/mol. The van der Waals surface area contributed by atoms with Crippen LogP contribution in [0.4, 0.5) is 4.79 Å². The molecular formula is C28H32N2O5. The maximum Gasteiger partial charge on any atom is 0.407 e. The molecule has 0 heterocycles. The van der Waals surface area contributed by atoms with Crippen LogP contribution in [0.3, 0.4) is 0 Å². The number of alkyl carbamates (subject to hydrolysis) is 1. The highest BCUT2D eigenvalue weighted by Gasteiger charge is 2.31. The summed E-state index contributed by atoms with van der Waals surface area (Å²) in [5.74, 6) is 4.33. The first-order chi connectivity index (χ1) is 16.8. The number of nitrogens with zero attached hydrogens (tertiary/aromatic N) is 1. The number of nitrogens with one attached hydrogen (secondary N) is 1. The fourth-order valence-corrected chi connectivity index (χ4v) is 4.41. The van der Waals surface area contributed by atoms with Crippen molar-refractivity contribution in [2.45, 2.75) is 58.0 Å². The summed E-state index contributed by atoms with van der Waals surface area (Å²) in [5.41, 5.74) is 4.49. The number of aliphatic carboxylic acids is 1. The Morgan fingerprint density at radius 3 is 2.20 bits per heavy atom. The number of hydrogen-bond donors (Lipinski definition) is 2. The van der Waals surface area contributed by atoms with Crippen molar-refractivity contribution in [1.82, 2.24) is 10.2 Å². The topological polar surface area (TPSA) is 95.9 Å². The molecule has 2 aromatic carbocycles. The van der Waals surface area contributed by atoms with E-state index in [0.29, 0.717) is 6.42 Å². The summed E-state index contributed by atoms with van der Waals surface area (Å²) in [7, 11) is 0. The summed E-state index contributed by atoms with van der Waals surface area (Å²) in [5, 5.41) is 11.6. The highest BCUT2D eigenvalue weighted by molar-refractivity contribution is 5.86. The minimum atomic E-state index is -0.911. The average Bonchev–Trinajstić information content (AvgIpc) is 3.16. The van der Waals surface area contributed by atoms with Gasteiger partial charge in [0.15, 0.2) is 0 Å². The molecule has 184 valence electrons. The van der Waals surface area contributed by atoms with Gasteiger partial charge in [-0.2, -0.15) is 0 Å². The number of fused-ring (bicyclic) bond motifs is 3. The van der Waals surface area contributed by atoms with Crippen LogP contribution in [-0.4, -0.2) is 53.2 Å². The molecule has 2 aromatic rings. The minimum absolute atomic E-state index is 0.0320. The van der Waals surface area contributed by atoms with Crippen molar-refractivity contribution in [3.05, 3.63) is 59.7 Å². The molecule has 7 heteroatoms. The van der Waals surface area contributed by atoms with E-state index < -0.39 is 18.1 Å². The molecule has 35 heavy (non-hydrogen) atoms. The van der Waals surface area contributed by atoms with Crippen molar-refractivity contribution >= 4 is 18.0 Å². The molecule has 0 saturated carbocycles. The van der Waals surface area contributed by atoms with E-state index in [1.54, 1.807) is 11.8 Å². The Hall–Kier alpha value is -3.79. The van der Waals surface area contributed by atoms with Gasteiger partial charge in [0.2, 0.25) is 5.91 Å². The van der Waals surface area contributed by atoms with Gasteiger partial charge in [0.05, 0.1) is 0 Å². The van der Waals surface area contributed by atoms with Crippen LogP contribution in [0, 0.1) is 11.8 Å². The number of hydrogen-bond acceptors (Lipinski definition) is 4. The first-order valence-electron chi connectivity index (χ1n) is 11.9. The lowest BCUT2D eigenvalue weighted by molar-refractivity contribution is -0.139. The second-order valence-electron chi connectivity index (χ2n) is 8.78. The predicted octanol–water partition coefficient (Wildman–Crippen LogP) is 4.41. The Labute approximate surface area is 206 Å². The molecule has 1 atom stereocenters. The Kier molecular flexibility index (Phi) is 8.91. The molecule has 1 aliphatic rings. The number of carbonyl (C=O) groups excluding carboxylic acids is 2. The molecule has 1 unspecified atom stereocenters. The molecule has 0 bridgehead atoms. The third-order valence-electron chi connectivity index (χ3n) is 6.11. The van der Waals surface area contributed by atoms with E-state index in [1.807, 2.05) is 50.2 Å². The maximum absolute atomic E-state index is 13.2. The van der Waals surface area contributed by atoms with Crippen LogP contribution in [0.25, 0.3) is 11.1 Å². The Bertz CT molecular complexity index is 1090. The summed E-state index contributed by atoms with van der Waals surface area (Å²) in [6.45, 7) is 5.81. The van der Waals surface area contributed by atoms with Gasteiger partial charge in [0.1, 0.15) is 12.6 Å². The van der Waals surface area contributed by atoms with Gasteiger partial charge in [0.25, 0.3) is 0 Å². The lowest BCUT2D eigenvalue weighted by Crippen LogP contribution is -2.51. The normalized spacial score (nSPS) is 12.7. The second-order valence-corrected chi connectivity index (χ2v) is 8.78. The summed E-state index contributed by atoms with van der Waals surface area (Å²) in [6.07, 6.45) is -0.245. The maximum atomic E-state index is 13.2. The van der Waals surface area contributed by atoms with E-state index in [0.717, 1.165) is 22.3 Å². The van der Waals surface area contributed by atoms with Crippen LogP contribution < -0.4 is 5.32 Å². The van der Waals surface area contributed by atoms with Crippen LogP contribution in [-0.2, 0) is 14.3 Å². The Morgan fingerprint density at radius 2 is 1.66 bits per heavy atom. The first kappa shape index (κ1) is 25.8. The van der Waals surface area contributed by atoms with E-state index >= 15 is 0 Å². The van der Waals surface area contributed by atoms with Crippen molar-refractivity contribution in [2.24, 2.45) is 0 Å². The molecule has 2 amide bonds.